The molecule has 2 N–H and O–H groups in total. The van der Waals surface area contributed by atoms with E-state index in [-0.39, 0.29) is 54.6 Å². The van der Waals surface area contributed by atoms with Crippen molar-refractivity contribution in [3.05, 3.63) is 148 Å². The third-order valence-electron chi connectivity index (χ3n) is 9.56. The van der Waals surface area contributed by atoms with Gasteiger partial charge in [-0.05, 0) is 40.3 Å². The fourth-order valence-electron chi connectivity index (χ4n) is 6.54. The van der Waals surface area contributed by atoms with E-state index in [1.807, 2.05) is 40.6 Å². The Hall–Kier alpha value is -6.68. The summed E-state index contributed by atoms with van der Waals surface area (Å²) in [6.45, 7) is 3.80. The second-order valence-corrected chi connectivity index (χ2v) is 18.8. The number of carbonyl (C=O) groups excluding carboxylic acids is 4. The molecule has 1 aliphatic rings. The van der Waals surface area contributed by atoms with Gasteiger partial charge in [0.25, 0.3) is 0 Å². The van der Waals surface area contributed by atoms with Crippen LogP contribution in [0.5, 0.6) is 0 Å². The summed E-state index contributed by atoms with van der Waals surface area (Å²) in [4.78, 5) is 58.3. The summed E-state index contributed by atoms with van der Waals surface area (Å²) in [5.41, 5.74) is 6.13. The van der Waals surface area contributed by atoms with Crippen molar-refractivity contribution in [2.24, 2.45) is 0 Å². The SMILES string of the molecule is CS(=O)(=O)NC(=O)Cc1ccc(CC(=O)Cc2ccc(-c3nc(C#N)c(F)c(N4CCOCC4)n3)cc2)cc1.Cc1ccc(CC(=O)Cc2ccc(CC(=O)NS(C)(=O)=O)cc2)cc1. The predicted molar refractivity (Wildman–Crippen MR) is 237 cm³/mol. The average Bonchev–Trinajstić information content (AvgIpc) is 3.23. The number of benzene rings is 4. The smallest absolute Gasteiger partial charge is 0.237 e. The largest absolute Gasteiger partial charge is 0.378 e. The molecule has 0 atom stereocenters. The highest BCUT2D eigenvalue weighted by Gasteiger charge is 2.22. The Kier molecular flexibility index (Phi) is 16.7. The van der Waals surface area contributed by atoms with Crippen LogP contribution in [0.1, 0.15) is 44.6 Å². The molecular formula is C46H47FN6O9S2. The van der Waals surface area contributed by atoms with Crippen molar-refractivity contribution < 1.29 is 45.1 Å². The Morgan fingerprint density at radius 3 is 1.36 bits per heavy atom. The number of halogens is 1. The van der Waals surface area contributed by atoms with E-state index in [2.05, 4.69) is 9.97 Å². The number of aryl methyl sites for hydroxylation is 1. The first-order valence-electron chi connectivity index (χ1n) is 20.0. The summed E-state index contributed by atoms with van der Waals surface area (Å²) in [6, 6.07) is 30.5. The molecule has 5 aromatic rings. The maximum absolute atomic E-state index is 14.8. The monoisotopic (exact) mass is 910 g/mol. The molecule has 15 nitrogen and oxygen atoms in total. The molecule has 0 spiro atoms. The van der Waals surface area contributed by atoms with Gasteiger partial charge in [-0.2, -0.15) is 9.65 Å². The molecule has 4 aromatic carbocycles. The highest BCUT2D eigenvalue weighted by Crippen LogP contribution is 2.25. The van der Waals surface area contributed by atoms with Crippen LogP contribution in [0.15, 0.2) is 97.1 Å². The third kappa shape index (κ3) is 15.9. The number of ketones is 2. The molecule has 64 heavy (non-hydrogen) atoms. The van der Waals surface area contributed by atoms with Gasteiger partial charge in [-0.25, -0.2) is 26.8 Å². The number of morpholine rings is 1. The van der Waals surface area contributed by atoms with E-state index in [0.717, 1.165) is 40.3 Å². The Balaban J connectivity index is 0.000000266. The van der Waals surface area contributed by atoms with Crippen molar-refractivity contribution >= 4 is 49.2 Å². The van der Waals surface area contributed by atoms with Gasteiger partial charge in [0.15, 0.2) is 17.3 Å². The minimum atomic E-state index is -3.61. The number of carbonyl (C=O) groups is 4. The summed E-state index contributed by atoms with van der Waals surface area (Å²) < 4.78 is 68.2. The number of hydrogen-bond acceptors (Lipinski definition) is 13. The Bertz CT molecular complexity index is 2740. The maximum atomic E-state index is 14.8. The van der Waals surface area contributed by atoms with Gasteiger partial charge in [0.1, 0.15) is 17.6 Å². The number of ether oxygens (including phenoxy) is 1. The van der Waals surface area contributed by atoms with Crippen LogP contribution in [0.3, 0.4) is 0 Å². The normalized spacial score (nSPS) is 12.6. The number of nitrogens with one attached hydrogen (secondary N) is 2. The van der Waals surface area contributed by atoms with Crippen LogP contribution in [-0.2, 0) is 82.5 Å². The molecule has 1 aliphatic heterocycles. The zero-order chi connectivity index (χ0) is 46.4. The number of anilines is 1. The first-order valence-corrected chi connectivity index (χ1v) is 23.8. The van der Waals surface area contributed by atoms with Crippen molar-refractivity contribution in [3.8, 4) is 17.5 Å². The minimum absolute atomic E-state index is 0.0232. The number of nitrogens with zero attached hydrogens (tertiary/aromatic N) is 4. The van der Waals surface area contributed by atoms with E-state index in [1.165, 1.54) is 0 Å². The van der Waals surface area contributed by atoms with Crippen molar-refractivity contribution in [1.82, 2.24) is 19.4 Å². The zero-order valence-corrected chi connectivity index (χ0v) is 37.1. The van der Waals surface area contributed by atoms with Crippen molar-refractivity contribution in [1.29, 1.82) is 5.26 Å². The number of nitriles is 1. The fourth-order valence-corrected chi connectivity index (χ4v) is 7.51. The Labute approximate surface area is 371 Å². The van der Waals surface area contributed by atoms with Gasteiger partial charge < -0.3 is 9.64 Å². The van der Waals surface area contributed by atoms with Crippen molar-refractivity contribution in [2.75, 3.05) is 43.7 Å². The van der Waals surface area contributed by atoms with E-state index in [1.54, 1.807) is 83.8 Å². The average molecular weight is 911 g/mol. The quantitative estimate of drug-likeness (QED) is 0.143. The van der Waals surface area contributed by atoms with Crippen LogP contribution >= 0.6 is 0 Å². The molecule has 0 radical (unpaired) electrons. The second kappa shape index (κ2) is 22.1. The summed E-state index contributed by atoms with van der Waals surface area (Å²) in [5, 5.41) is 9.37. The van der Waals surface area contributed by atoms with Gasteiger partial charge in [-0.15, -0.1) is 0 Å². The summed E-state index contributed by atoms with van der Waals surface area (Å²) in [5.74, 6) is -1.58. The summed E-state index contributed by atoms with van der Waals surface area (Å²) in [7, 11) is -7.16. The number of amides is 2. The van der Waals surface area contributed by atoms with Crippen LogP contribution in [0, 0.1) is 24.1 Å². The van der Waals surface area contributed by atoms with Crippen LogP contribution in [-0.4, -0.2) is 89.0 Å². The lowest BCUT2D eigenvalue weighted by atomic mass is 10.0. The lowest BCUT2D eigenvalue weighted by Crippen LogP contribution is -2.37. The minimum Gasteiger partial charge on any atom is -0.378 e. The molecule has 18 heteroatoms. The van der Waals surface area contributed by atoms with Crippen LogP contribution in [0.25, 0.3) is 11.4 Å². The van der Waals surface area contributed by atoms with Gasteiger partial charge in [0.05, 0.1) is 38.6 Å². The molecule has 1 saturated heterocycles. The molecule has 334 valence electrons. The number of Topliss-reactive ketones (excluding diaryl/α,β-unsaturated/α-hetero) is 2. The number of rotatable bonds is 16. The highest BCUT2D eigenvalue weighted by atomic mass is 32.2. The summed E-state index contributed by atoms with van der Waals surface area (Å²) >= 11 is 0. The molecule has 2 heterocycles. The molecular weight excluding hydrogens is 864 g/mol. The zero-order valence-electron chi connectivity index (χ0n) is 35.5. The molecule has 6 rings (SSSR count). The lowest BCUT2D eigenvalue weighted by Gasteiger charge is -2.28. The molecule has 0 unspecified atom stereocenters. The number of sulfonamides is 2. The van der Waals surface area contributed by atoms with Crippen LogP contribution in [0.2, 0.25) is 0 Å². The van der Waals surface area contributed by atoms with E-state index < -0.39 is 37.7 Å². The Morgan fingerprint density at radius 2 is 0.984 bits per heavy atom. The highest BCUT2D eigenvalue weighted by molar-refractivity contribution is 7.89. The van der Waals surface area contributed by atoms with Crippen molar-refractivity contribution in [2.45, 2.75) is 45.4 Å². The fraction of sp³-hybridized carbons (Fsp3) is 0.283. The molecule has 0 saturated carbocycles. The Morgan fingerprint density at radius 1 is 0.625 bits per heavy atom. The molecule has 1 fully saturated rings. The summed E-state index contributed by atoms with van der Waals surface area (Å²) in [6.07, 6.45) is 2.82. The van der Waals surface area contributed by atoms with E-state index in [0.29, 0.717) is 55.8 Å². The molecule has 0 aliphatic carbocycles. The van der Waals surface area contributed by atoms with Gasteiger partial charge in [-0.1, -0.05) is 103 Å². The van der Waals surface area contributed by atoms with Gasteiger partial charge in [-0.3, -0.25) is 28.6 Å². The lowest BCUT2D eigenvalue weighted by molar-refractivity contribution is -0.119. The van der Waals surface area contributed by atoms with Gasteiger partial charge in [0.2, 0.25) is 37.7 Å². The molecule has 1 aromatic heterocycles. The number of aromatic nitrogens is 2. The first kappa shape index (κ1) is 48.4. The van der Waals surface area contributed by atoms with Crippen LogP contribution < -0.4 is 14.3 Å². The standard InChI is InChI=1S/C27H26FN5O5S.C19H21NO4S/c1-39(36,37)32-24(35)16-20-4-2-18(3-5-20)14-22(34)15-19-6-8-21(9-7-19)26-30-23(17-29)25(28)27(31-26)33-10-12-38-13-11-33;1-14-3-5-15(6-4-14)11-18(21)12-16-7-9-17(10-8-16)13-19(22)20-25(2,23)24/h2-9H,10-16H2,1H3,(H,32,35);3-10H,11-13H2,1-2H3,(H,20,22). The predicted octanol–water partition coefficient (Wildman–Crippen LogP) is 3.93. The van der Waals surface area contributed by atoms with Crippen molar-refractivity contribution in [3.63, 3.8) is 0 Å². The molecule has 2 amide bonds. The van der Waals surface area contributed by atoms with Gasteiger partial charge >= 0.3 is 0 Å². The van der Waals surface area contributed by atoms with E-state index >= 15 is 0 Å². The maximum Gasteiger partial charge on any atom is 0.237 e. The first-order chi connectivity index (χ1) is 30.3. The van der Waals surface area contributed by atoms with Gasteiger partial charge in [0, 0.05) is 44.3 Å². The van der Waals surface area contributed by atoms with E-state index in [9.17, 15) is 45.7 Å². The van der Waals surface area contributed by atoms with E-state index in [4.69, 9.17) is 4.74 Å². The second-order valence-electron chi connectivity index (χ2n) is 15.3. The third-order valence-corrected chi connectivity index (χ3v) is 10.8. The topological polar surface area (TPSA) is 223 Å². The van der Waals surface area contributed by atoms with Crippen LogP contribution in [0.4, 0.5) is 10.2 Å². The molecule has 0 bridgehead atoms. The number of hydrogen-bond donors (Lipinski definition) is 2.